The fourth-order valence-electron chi connectivity index (χ4n) is 2.61. The molecular weight excluding hydrogens is 268 g/mol. The SMILES string of the molecule is COc1ccc2c(c1)OCC(Cc1nccnc1OC)C2. The first-order chi connectivity index (χ1) is 10.3. The normalized spacial score (nSPS) is 16.8. The molecule has 1 aromatic carbocycles. The lowest BCUT2D eigenvalue weighted by Crippen LogP contribution is -2.23. The summed E-state index contributed by atoms with van der Waals surface area (Å²) in [7, 11) is 3.28. The minimum Gasteiger partial charge on any atom is -0.497 e. The van der Waals surface area contributed by atoms with Crippen molar-refractivity contribution in [2.75, 3.05) is 20.8 Å². The van der Waals surface area contributed by atoms with Crippen molar-refractivity contribution < 1.29 is 14.2 Å². The smallest absolute Gasteiger partial charge is 0.235 e. The van der Waals surface area contributed by atoms with Crippen LogP contribution in [0.25, 0.3) is 0 Å². The molecule has 0 aliphatic carbocycles. The van der Waals surface area contributed by atoms with Crippen molar-refractivity contribution in [1.29, 1.82) is 0 Å². The fourth-order valence-corrected chi connectivity index (χ4v) is 2.61. The molecule has 5 nitrogen and oxygen atoms in total. The third-order valence-corrected chi connectivity index (χ3v) is 3.67. The molecule has 0 radical (unpaired) electrons. The van der Waals surface area contributed by atoms with Crippen LogP contribution in [-0.4, -0.2) is 30.8 Å². The maximum atomic E-state index is 5.86. The maximum Gasteiger partial charge on any atom is 0.235 e. The maximum absolute atomic E-state index is 5.86. The van der Waals surface area contributed by atoms with Gasteiger partial charge in [-0.3, -0.25) is 4.98 Å². The summed E-state index contributed by atoms with van der Waals surface area (Å²) in [5.41, 5.74) is 2.08. The largest absolute Gasteiger partial charge is 0.497 e. The molecule has 1 atom stereocenters. The zero-order chi connectivity index (χ0) is 14.7. The molecule has 0 amide bonds. The summed E-state index contributed by atoms with van der Waals surface area (Å²) >= 11 is 0. The Labute approximate surface area is 123 Å². The molecular formula is C16H18N2O3. The average molecular weight is 286 g/mol. The van der Waals surface area contributed by atoms with Crippen LogP contribution >= 0.6 is 0 Å². The first kappa shape index (κ1) is 13.7. The second-order valence-electron chi connectivity index (χ2n) is 5.07. The van der Waals surface area contributed by atoms with Crippen molar-refractivity contribution in [3.8, 4) is 17.4 Å². The van der Waals surface area contributed by atoms with E-state index in [1.54, 1.807) is 26.6 Å². The molecule has 21 heavy (non-hydrogen) atoms. The summed E-state index contributed by atoms with van der Waals surface area (Å²) in [5, 5.41) is 0. The van der Waals surface area contributed by atoms with Crippen LogP contribution in [0.15, 0.2) is 30.6 Å². The van der Waals surface area contributed by atoms with Crippen LogP contribution < -0.4 is 14.2 Å². The Morgan fingerprint density at radius 1 is 1.19 bits per heavy atom. The van der Waals surface area contributed by atoms with Gasteiger partial charge in [0.05, 0.1) is 20.8 Å². The number of hydrogen-bond acceptors (Lipinski definition) is 5. The molecule has 2 heterocycles. The van der Waals surface area contributed by atoms with Crippen molar-refractivity contribution in [3.63, 3.8) is 0 Å². The van der Waals surface area contributed by atoms with Crippen LogP contribution in [-0.2, 0) is 12.8 Å². The molecule has 5 heteroatoms. The summed E-state index contributed by atoms with van der Waals surface area (Å²) < 4.78 is 16.3. The van der Waals surface area contributed by atoms with Gasteiger partial charge in [-0.25, -0.2) is 4.98 Å². The predicted molar refractivity (Wildman–Crippen MR) is 78.0 cm³/mol. The molecule has 1 aliphatic heterocycles. The van der Waals surface area contributed by atoms with Crippen molar-refractivity contribution >= 4 is 0 Å². The van der Waals surface area contributed by atoms with Gasteiger partial charge in [0.25, 0.3) is 0 Å². The summed E-state index contributed by atoms with van der Waals surface area (Å²) in [6.07, 6.45) is 5.09. The minimum atomic E-state index is 0.372. The Morgan fingerprint density at radius 2 is 2.05 bits per heavy atom. The molecule has 3 rings (SSSR count). The predicted octanol–water partition coefficient (Wildman–Crippen LogP) is 2.29. The Hall–Kier alpha value is -2.30. The van der Waals surface area contributed by atoms with E-state index >= 15 is 0 Å². The summed E-state index contributed by atoms with van der Waals surface area (Å²) in [6, 6.07) is 5.97. The minimum absolute atomic E-state index is 0.372. The van der Waals surface area contributed by atoms with Crippen molar-refractivity contribution in [2.45, 2.75) is 12.8 Å². The van der Waals surface area contributed by atoms with E-state index in [1.807, 2.05) is 12.1 Å². The number of fused-ring (bicyclic) bond motifs is 1. The standard InChI is InChI=1S/C16H18N2O3/c1-19-13-4-3-12-7-11(10-21-15(12)9-13)8-14-16(20-2)18-6-5-17-14/h3-6,9,11H,7-8,10H2,1-2H3. The highest BCUT2D eigenvalue weighted by Gasteiger charge is 2.22. The number of benzene rings is 1. The Bertz CT molecular complexity index is 631. The van der Waals surface area contributed by atoms with Gasteiger partial charge in [0.15, 0.2) is 0 Å². The first-order valence-corrected chi connectivity index (χ1v) is 6.93. The monoisotopic (exact) mass is 286 g/mol. The van der Waals surface area contributed by atoms with E-state index in [1.165, 1.54) is 5.56 Å². The second-order valence-corrected chi connectivity index (χ2v) is 5.07. The average Bonchev–Trinajstić information content (AvgIpc) is 2.55. The van der Waals surface area contributed by atoms with Crippen LogP contribution in [0.4, 0.5) is 0 Å². The summed E-state index contributed by atoms with van der Waals surface area (Å²) in [6.45, 7) is 0.667. The Balaban J connectivity index is 1.74. The molecule has 2 aromatic rings. The Kier molecular flexibility index (Phi) is 3.90. The molecule has 110 valence electrons. The third kappa shape index (κ3) is 2.91. The highest BCUT2D eigenvalue weighted by molar-refractivity contribution is 5.42. The van der Waals surface area contributed by atoms with Crippen LogP contribution in [0.3, 0.4) is 0 Å². The molecule has 1 unspecified atom stereocenters. The third-order valence-electron chi connectivity index (χ3n) is 3.67. The van der Waals surface area contributed by atoms with Crippen LogP contribution in [0.5, 0.6) is 17.4 Å². The molecule has 1 aliphatic rings. The van der Waals surface area contributed by atoms with Crippen molar-refractivity contribution in [2.24, 2.45) is 5.92 Å². The van der Waals surface area contributed by atoms with Gasteiger partial charge in [0, 0.05) is 30.8 Å². The number of nitrogens with zero attached hydrogens (tertiary/aromatic N) is 2. The van der Waals surface area contributed by atoms with Gasteiger partial charge in [0.1, 0.15) is 17.2 Å². The van der Waals surface area contributed by atoms with Crippen molar-refractivity contribution in [3.05, 3.63) is 41.9 Å². The number of aromatic nitrogens is 2. The number of hydrogen-bond donors (Lipinski definition) is 0. The van der Waals surface area contributed by atoms with E-state index in [9.17, 15) is 0 Å². The van der Waals surface area contributed by atoms with E-state index in [0.29, 0.717) is 18.4 Å². The molecule has 0 saturated carbocycles. The van der Waals surface area contributed by atoms with Crippen LogP contribution in [0, 0.1) is 5.92 Å². The highest BCUT2D eigenvalue weighted by atomic mass is 16.5. The van der Waals surface area contributed by atoms with Gasteiger partial charge in [-0.1, -0.05) is 6.07 Å². The quantitative estimate of drug-likeness (QED) is 0.863. The van der Waals surface area contributed by atoms with E-state index < -0.39 is 0 Å². The van der Waals surface area contributed by atoms with Gasteiger partial charge in [0.2, 0.25) is 5.88 Å². The number of rotatable bonds is 4. The summed E-state index contributed by atoms with van der Waals surface area (Å²) in [4.78, 5) is 8.55. The van der Waals surface area contributed by atoms with Crippen molar-refractivity contribution in [1.82, 2.24) is 9.97 Å². The molecule has 0 N–H and O–H groups in total. The van der Waals surface area contributed by atoms with E-state index in [-0.39, 0.29) is 0 Å². The number of methoxy groups -OCH3 is 2. The van der Waals surface area contributed by atoms with Gasteiger partial charge in [-0.05, 0) is 18.1 Å². The summed E-state index contributed by atoms with van der Waals surface area (Å²) in [5.74, 6) is 2.70. The molecule has 0 saturated heterocycles. The lowest BCUT2D eigenvalue weighted by molar-refractivity contribution is 0.218. The zero-order valence-corrected chi connectivity index (χ0v) is 12.2. The topological polar surface area (TPSA) is 53.5 Å². The van der Waals surface area contributed by atoms with E-state index in [0.717, 1.165) is 30.0 Å². The zero-order valence-electron chi connectivity index (χ0n) is 12.2. The van der Waals surface area contributed by atoms with E-state index in [2.05, 4.69) is 16.0 Å². The molecule has 0 bridgehead atoms. The highest BCUT2D eigenvalue weighted by Crippen LogP contribution is 2.32. The lowest BCUT2D eigenvalue weighted by atomic mass is 9.92. The van der Waals surface area contributed by atoms with Gasteiger partial charge >= 0.3 is 0 Å². The number of ether oxygens (including phenoxy) is 3. The van der Waals surface area contributed by atoms with E-state index in [4.69, 9.17) is 14.2 Å². The lowest BCUT2D eigenvalue weighted by Gasteiger charge is -2.25. The van der Waals surface area contributed by atoms with Gasteiger partial charge < -0.3 is 14.2 Å². The first-order valence-electron chi connectivity index (χ1n) is 6.93. The Morgan fingerprint density at radius 3 is 2.86 bits per heavy atom. The van der Waals surface area contributed by atoms with Crippen LogP contribution in [0.1, 0.15) is 11.3 Å². The molecule has 0 spiro atoms. The fraction of sp³-hybridized carbons (Fsp3) is 0.375. The molecule has 1 aromatic heterocycles. The molecule has 0 fully saturated rings. The second kappa shape index (κ2) is 5.99. The van der Waals surface area contributed by atoms with Gasteiger partial charge in [-0.2, -0.15) is 0 Å². The van der Waals surface area contributed by atoms with Gasteiger partial charge in [-0.15, -0.1) is 0 Å². The van der Waals surface area contributed by atoms with Crippen LogP contribution in [0.2, 0.25) is 0 Å².